The predicted octanol–water partition coefficient (Wildman–Crippen LogP) is 2.62. The van der Waals surface area contributed by atoms with E-state index in [2.05, 4.69) is 26.1 Å². The maximum absolute atomic E-state index is 14.4. The smallest absolute Gasteiger partial charge is 0.321 e. The minimum atomic E-state index is -0.882. The van der Waals surface area contributed by atoms with Crippen molar-refractivity contribution in [1.82, 2.24) is 30.0 Å². The van der Waals surface area contributed by atoms with Crippen LogP contribution in [-0.2, 0) is 16.6 Å². The Morgan fingerprint density at radius 3 is 2.86 bits per heavy atom. The van der Waals surface area contributed by atoms with E-state index in [1.807, 2.05) is 18.7 Å². The summed E-state index contributed by atoms with van der Waals surface area (Å²) in [5.74, 6) is 1.01. The minimum absolute atomic E-state index is 0.0839. The third-order valence-electron chi connectivity index (χ3n) is 9.64. The molecule has 0 amide bonds. The van der Waals surface area contributed by atoms with Gasteiger partial charge in [-0.05, 0) is 52.5 Å². The molecule has 3 N–H and O–H groups in total. The van der Waals surface area contributed by atoms with Crippen LogP contribution in [0.25, 0.3) is 11.6 Å². The molecule has 44 heavy (non-hydrogen) atoms. The van der Waals surface area contributed by atoms with Gasteiger partial charge in [-0.3, -0.25) is 4.90 Å². The molecule has 0 radical (unpaired) electrons. The van der Waals surface area contributed by atoms with Gasteiger partial charge in [0, 0.05) is 30.0 Å². The molecule has 3 aromatic heterocycles. The number of morpholine rings is 1. The molecule has 15 heteroatoms. The first-order chi connectivity index (χ1) is 21.1. The number of nitrogens with two attached hydrogens (primary N) is 1. The first-order valence-corrected chi connectivity index (χ1v) is 15.9. The minimum Gasteiger partial charge on any atom is -0.461 e. The summed E-state index contributed by atoms with van der Waals surface area (Å²) >= 11 is 1.44. The van der Waals surface area contributed by atoms with Crippen LogP contribution >= 0.6 is 11.3 Å². The second-order valence-electron chi connectivity index (χ2n) is 12.8. The molecule has 0 bridgehead atoms. The van der Waals surface area contributed by atoms with E-state index in [1.165, 1.54) is 11.3 Å². The number of ether oxygens (including phenoxy) is 2. The van der Waals surface area contributed by atoms with Crippen LogP contribution in [0.3, 0.4) is 0 Å². The number of aliphatic hydroxyl groups excluding tert-OH is 1. The molecule has 234 valence electrons. The van der Waals surface area contributed by atoms with Gasteiger partial charge in [0.15, 0.2) is 0 Å². The van der Waals surface area contributed by atoms with Crippen LogP contribution in [0.2, 0.25) is 0 Å². The van der Waals surface area contributed by atoms with E-state index in [1.54, 1.807) is 0 Å². The number of halogens is 1. The van der Waals surface area contributed by atoms with Gasteiger partial charge in [-0.2, -0.15) is 25.2 Å². The van der Waals surface area contributed by atoms with E-state index in [-0.39, 0.29) is 36.4 Å². The normalized spacial score (nSPS) is 30.2. The van der Waals surface area contributed by atoms with Crippen molar-refractivity contribution in [3.8, 4) is 23.7 Å². The van der Waals surface area contributed by atoms with E-state index >= 15 is 0 Å². The Kier molecular flexibility index (Phi) is 7.23. The molecule has 0 aromatic carbocycles. The number of hydrogen-bond donors (Lipinski definition) is 2. The highest BCUT2D eigenvalue weighted by atomic mass is 32.1. The number of alkyl halides is 1. The molecule has 6 heterocycles. The average molecular weight is 626 g/mol. The molecule has 3 fully saturated rings. The summed E-state index contributed by atoms with van der Waals surface area (Å²) in [5, 5.41) is 24.6. The molecule has 0 spiro atoms. The Hall–Kier alpha value is -3.45. The zero-order valence-electron chi connectivity index (χ0n) is 24.9. The number of fused-ring (bicyclic) bond motifs is 2. The number of aromatic nitrogens is 5. The number of aryl methyl sites for hydroxylation is 1. The first-order valence-electron chi connectivity index (χ1n) is 15.1. The Bertz CT molecular complexity index is 1610. The fourth-order valence-corrected chi connectivity index (χ4v) is 8.54. The molecule has 0 unspecified atom stereocenters. The highest BCUT2D eigenvalue weighted by molar-refractivity contribution is 7.16. The largest absolute Gasteiger partial charge is 0.461 e. The molecule has 1 aliphatic carbocycles. The molecule has 7 rings (SSSR count). The standard InChI is InChI=1S/C29H36FN9O4S/c1-27(15-40)14-38(9-10-42-27)25-34-22(35-26(36-25)41-16-29-7-4-8-39(29)13-17(30)11-29)23-33-24(43-37-23)28(2)6-3-5-19-20(28)18(12-31)21(32)44-19/h17,40H,3-11,13-16,32H2,1-2H3/t17-,27+,28+,29+/m1/s1. The van der Waals surface area contributed by atoms with Gasteiger partial charge in [-0.15, -0.1) is 11.3 Å². The monoisotopic (exact) mass is 625 g/mol. The maximum Gasteiger partial charge on any atom is 0.321 e. The van der Waals surface area contributed by atoms with Crippen LogP contribution in [0.5, 0.6) is 6.01 Å². The number of nitriles is 1. The number of hydrogen-bond acceptors (Lipinski definition) is 14. The number of nitrogen functional groups attached to an aromatic ring is 1. The number of thiophene rings is 1. The third kappa shape index (κ3) is 4.88. The van der Waals surface area contributed by atoms with Gasteiger partial charge in [0.25, 0.3) is 0 Å². The Labute approximate surface area is 258 Å². The van der Waals surface area contributed by atoms with Crippen molar-refractivity contribution >= 4 is 22.3 Å². The summed E-state index contributed by atoms with van der Waals surface area (Å²) in [6.07, 6.45) is 3.82. The lowest BCUT2D eigenvalue weighted by Gasteiger charge is -2.39. The van der Waals surface area contributed by atoms with Crippen molar-refractivity contribution in [2.24, 2.45) is 0 Å². The lowest BCUT2D eigenvalue weighted by Crippen LogP contribution is -2.52. The van der Waals surface area contributed by atoms with E-state index in [0.29, 0.717) is 61.5 Å². The number of anilines is 2. The molecule has 3 saturated heterocycles. The molecule has 3 aromatic rings. The van der Waals surface area contributed by atoms with Crippen molar-refractivity contribution in [2.75, 3.05) is 56.6 Å². The van der Waals surface area contributed by atoms with Crippen molar-refractivity contribution in [2.45, 2.75) is 75.1 Å². The van der Waals surface area contributed by atoms with Crippen LogP contribution in [0.15, 0.2) is 4.52 Å². The molecular weight excluding hydrogens is 589 g/mol. The zero-order valence-corrected chi connectivity index (χ0v) is 25.7. The molecule has 4 atom stereocenters. The summed E-state index contributed by atoms with van der Waals surface area (Å²) in [6, 6.07) is 2.35. The first kappa shape index (κ1) is 29.3. The molecule has 4 aliphatic rings. The van der Waals surface area contributed by atoms with E-state index in [0.717, 1.165) is 42.7 Å². The van der Waals surface area contributed by atoms with Crippen LogP contribution in [0, 0.1) is 11.3 Å². The van der Waals surface area contributed by atoms with Crippen LogP contribution in [0.4, 0.5) is 15.3 Å². The van der Waals surface area contributed by atoms with Gasteiger partial charge in [-0.25, -0.2) is 4.39 Å². The van der Waals surface area contributed by atoms with Gasteiger partial charge in [-0.1, -0.05) is 5.16 Å². The fourth-order valence-electron chi connectivity index (χ4n) is 7.34. The Balaban J connectivity index is 1.24. The van der Waals surface area contributed by atoms with E-state index in [9.17, 15) is 14.8 Å². The second-order valence-corrected chi connectivity index (χ2v) is 14.0. The highest BCUT2D eigenvalue weighted by Crippen LogP contribution is 2.48. The fraction of sp³-hybridized carbons (Fsp3) is 0.655. The van der Waals surface area contributed by atoms with E-state index < -0.39 is 17.2 Å². The zero-order chi connectivity index (χ0) is 30.7. The van der Waals surface area contributed by atoms with Crippen LogP contribution < -0.4 is 15.4 Å². The summed E-state index contributed by atoms with van der Waals surface area (Å²) in [4.78, 5) is 23.8. The van der Waals surface area contributed by atoms with Crippen molar-refractivity contribution in [3.05, 3.63) is 21.9 Å². The van der Waals surface area contributed by atoms with Crippen LogP contribution in [0.1, 0.15) is 67.8 Å². The van der Waals surface area contributed by atoms with Crippen LogP contribution in [-0.4, -0.2) is 98.4 Å². The molecule has 0 saturated carbocycles. The Morgan fingerprint density at radius 2 is 2.05 bits per heavy atom. The quantitative estimate of drug-likeness (QED) is 0.393. The van der Waals surface area contributed by atoms with Gasteiger partial charge in [0.1, 0.15) is 29.4 Å². The summed E-state index contributed by atoms with van der Waals surface area (Å²) in [5.41, 5.74) is 5.66. The summed E-state index contributed by atoms with van der Waals surface area (Å²) in [6.45, 7) is 6.40. The topological polar surface area (TPSA) is 173 Å². The lowest BCUT2D eigenvalue weighted by atomic mass is 9.72. The number of aliphatic hydroxyl groups is 1. The van der Waals surface area contributed by atoms with Gasteiger partial charge < -0.3 is 29.7 Å². The van der Waals surface area contributed by atoms with Gasteiger partial charge in [0.2, 0.25) is 23.5 Å². The number of nitrogens with zero attached hydrogens (tertiary/aromatic N) is 8. The number of rotatable bonds is 7. The van der Waals surface area contributed by atoms with E-state index in [4.69, 9.17) is 29.7 Å². The molecule has 3 aliphatic heterocycles. The summed E-state index contributed by atoms with van der Waals surface area (Å²) in [7, 11) is 0. The molecule has 13 nitrogen and oxygen atoms in total. The SMILES string of the molecule is C[C@@]1(CO)CN(c2nc(OC[C@@]34CCCN3C[C@H](F)C4)nc(-c3noc([C@@]4(C)CCCc5sc(N)c(C#N)c54)n3)n2)CCO1. The van der Waals surface area contributed by atoms with Gasteiger partial charge in [0.05, 0.1) is 36.3 Å². The molecular formula is C29H36FN9O4S. The van der Waals surface area contributed by atoms with Crippen molar-refractivity contribution in [3.63, 3.8) is 0 Å². The predicted molar refractivity (Wildman–Crippen MR) is 158 cm³/mol. The highest BCUT2D eigenvalue weighted by Gasteiger charge is 2.49. The average Bonchev–Trinajstić information content (AvgIpc) is 3.78. The second kappa shape index (κ2) is 10.9. The van der Waals surface area contributed by atoms with Crippen molar-refractivity contribution < 1.29 is 23.5 Å². The summed E-state index contributed by atoms with van der Waals surface area (Å²) < 4.78 is 32.3. The third-order valence-corrected chi connectivity index (χ3v) is 10.7. The maximum atomic E-state index is 14.4. The lowest BCUT2D eigenvalue weighted by molar-refractivity contribution is -0.0747. The van der Waals surface area contributed by atoms with Gasteiger partial charge >= 0.3 is 6.01 Å². The Morgan fingerprint density at radius 1 is 1.18 bits per heavy atom. The van der Waals surface area contributed by atoms with Crippen molar-refractivity contribution in [1.29, 1.82) is 5.26 Å².